The van der Waals surface area contributed by atoms with Gasteiger partial charge in [-0.3, -0.25) is 14.4 Å². The number of aliphatic hydroxyl groups is 5. The van der Waals surface area contributed by atoms with Crippen molar-refractivity contribution in [2.24, 2.45) is 16.7 Å². The lowest BCUT2D eigenvalue weighted by atomic mass is 9.45. The molecule has 1 aromatic rings. The van der Waals surface area contributed by atoms with Crippen LogP contribution in [0.25, 0.3) is 0 Å². The Morgan fingerprint density at radius 2 is 1.70 bits per heavy atom. The molecule has 0 spiro atoms. The standard InChI is InChI=1S/C33H42ClNO12/c1-14-19(47-29(42)23(38)15(2)35-28(41)17-7-9-18(34)10-8-17)12-33(44)27(46-16(3)36)25-31(6,20(37)11-21-32(25,43)13-45-21)26(40)24(39)22(14)30(33,4)5/h7-10,15,19-21,23-25,27,37-39,43-44H,11-13H2,1-6H3,(H,35,41)/t15-,19?,20-,21+,23+,24+,25-,27-,31+,32-,33+/m0/s1. The molecule has 1 saturated heterocycles. The van der Waals surface area contributed by atoms with Gasteiger partial charge in [0, 0.05) is 41.7 Å². The zero-order valence-corrected chi connectivity index (χ0v) is 27.8. The molecule has 6 N–H and O–H groups in total. The third-order valence-corrected chi connectivity index (χ3v) is 11.4. The quantitative estimate of drug-likeness (QED) is 0.180. The number of nitrogens with one attached hydrogen (secondary N) is 1. The van der Waals surface area contributed by atoms with E-state index in [0.717, 1.165) is 6.92 Å². The highest BCUT2D eigenvalue weighted by molar-refractivity contribution is 6.30. The summed E-state index contributed by atoms with van der Waals surface area (Å²) in [6.45, 7) is 8.16. The topological polar surface area (TPSA) is 209 Å². The van der Waals surface area contributed by atoms with E-state index in [0.29, 0.717) is 5.02 Å². The lowest BCUT2D eigenvalue weighted by molar-refractivity contribution is -0.345. The van der Waals surface area contributed by atoms with Gasteiger partial charge in [-0.05, 0) is 56.2 Å². The molecule has 258 valence electrons. The van der Waals surface area contributed by atoms with E-state index < -0.39 is 101 Å². The molecule has 11 atom stereocenters. The molecule has 2 saturated carbocycles. The second-order valence-electron chi connectivity index (χ2n) is 14.1. The summed E-state index contributed by atoms with van der Waals surface area (Å²) in [5.41, 5.74) is -7.04. The summed E-state index contributed by atoms with van der Waals surface area (Å²) in [6.07, 6.45) is -9.79. The van der Waals surface area contributed by atoms with Crippen LogP contribution in [0.15, 0.2) is 35.4 Å². The minimum atomic E-state index is -2.21. The first-order chi connectivity index (χ1) is 21.7. The monoisotopic (exact) mass is 679 g/mol. The normalized spacial score (nSPS) is 38.8. The molecule has 2 bridgehead atoms. The highest BCUT2D eigenvalue weighted by Gasteiger charge is 2.76. The third-order valence-electron chi connectivity index (χ3n) is 11.1. The molecule has 3 fully saturated rings. The maximum Gasteiger partial charge on any atom is 0.337 e. The summed E-state index contributed by atoms with van der Waals surface area (Å²) in [5.74, 6) is -4.93. The second-order valence-corrected chi connectivity index (χ2v) is 14.5. The summed E-state index contributed by atoms with van der Waals surface area (Å²) in [6, 6.07) is 4.82. The molecular weight excluding hydrogens is 638 g/mol. The predicted octanol–water partition coefficient (Wildman–Crippen LogP) is 0.601. The number of benzene rings is 1. The Balaban J connectivity index is 1.53. The molecule has 14 heteroatoms. The van der Waals surface area contributed by atoms with Crippen LogP contribution in [0.4, 0.5) is 0 Å². The Hall–Kier alpha value is -2.91. The number of carbonyl (C=O) groups is 4. The number of aliphatic hydroxyl groups excluding tert-OH is 3. The van der Waals surface area contributed by atoms with Gasteiger partial charge in [-0.15, -0.1) is 0 Å². The SMILES string of the molecule is CC(=O)O[C@H]1[C@@H]2[C@]3(O)CO[C@@H]3C[C@H](O)[C@@]2(C)C(=O)[C@H](O)C2=C(C)C(OC(=O)[C@H](O)[C@H](C)NC(=O)c3ccc(Cl)cc3)C[C@]1(O)C2(C)C. The van der Waals surface area contributed by atoms with Gasteiger partial charge in [0.2, 0.25) is 0 Å². The summed E-state index contributed by atoms with van der Waals surface area (Å²) >= 11 is 5.88. The van der Waals surface area contributed by atoms with Gasteiger partial charge in [0.25, 0.3) is 5.91 Å². The largest absolute Gasteiger partial charge is 0.459 e. The minimum Gasteiger partial charge on any atom is -0.459 e. The van der Waals surface area contributed by atoms with Crippen LogP contribution in [-0.4, -0.2) is 110 Å². The van der Waals surface area contributed by atoms with Crippen molar-refractivity contribution in [1.82, 2.24) is 5.32 Å². The van der Waals surface area contributed by atoms with Crippen molar-refractivity contribution in [2.45, 2.75) is 108 Å². The van der Waals surface area contributed by atoms with Gasteiger partial charge in [-0.2, -0.15) is 0 Å². The first-order valence-corrected chi connectivity index (χ1v) is 15.9. The number of ether oxygens (including phenoxy) is 3. The van der Waals surface area contributed by atoms with Crippen LogP contribution < -0.4 is 5.32 Å². The lowest BCUT2D eigenvalue weighted by Crippen LogP contribution is -2.81. The number of carbonyl (C=O) groups excluding carboxylic acids is 4. The lowest BCUT2D eigenvalue weighted by Gasteiger charge is -2.66. The van der Waals surface area contributed by atoms with Crippen molar-refractivity contribution in [3.8, 4) is 0 Å². The highest BCUT2D eigenvalue weighted by Crippen LogP contribution is 2.63. The molecule has 3 aliphatic carbocycles. The van der Waals surface area contributed by atoms with Gasteiger partial charge in [-0.25, -0.2) is 4.79 Å². The number of rotatable bonds is 6. The summed E-state index contributed by atoms with van der Waals surface area (Å²) in [7, 11) is 0. The smallest absolute Gasteiger partial charge is 0.337 e. The number of hydrogen-bond acceptors (Lipinski definition) is 12. The molecular formula is C33H42ClNO12. The number of amides is 1. The van der Waals surface area contributed by atoms with Gasteiger partial charge in [0.05, 0.1) is 30.3 Å². The Morgan fingerprint density at radius 3 is 2.26 bits per heavy atom. The molecule has 1 aliphatic heterocycles. The number of ketones is 1. The third kappa shape index (κ3) is 5.31. The fourth-order valence-electron chi connectivity index (χ4n) is 8.18. The Morgan fingerprint density at radius 1 is 1.09 bits per heavy atom. The number of fused-ring (bicyclic) bond motifs is 5. The molecule has 47 heavy (non-hydrogen) atoms. The fraction of sp³-hybridized carbons (Fsp3) is 0.636. The first kappa shape index (κ1) is 35.4. The van der Waals surface area contributed by atoms with E-state index in [1.807, 2.05) is 0 Å². The molecule has 1 amide bonds. The zero-order chi connectivity index (χ0) is 35.0. The van der Waals surface area contributed by atoms with Gasteiger partial charge >= 0.3 is 11.9 Å². The Labute approximate surface area is 276 Å². The van der Waals surface area contributed by atoms with Crippen LogP contribution in [0.1, 0.15) is 64.7 Å². The van der Waals surface area contributed by atoms with E-state index in [2.05, 4.69) is 5.32 Å². The highest BCUT2D eigenvalue weighted by atomic mass is 35.5. The van der Waals surface area contributed by atoms with Crippen molar-refractivity contribution in [3.63, 3.8) is 0 Å². The Bertz CT molecular complexity index is 1510. The predicted molar refractivity (Wildman–Crippen MR) is 164 cm³/mol. The maximum atomic E-state index is 14.3. The fourth-order valence-corrected chi connectivity index (χ4v) is 8.31. The zero-order valence-electron chi connectivity index (χ0n) is 27.0. The minimum absolute atomic E-state index is 0.0179. The van der Waals surface area contributed by atoms with Crippen LogP contribution in [-0.2, 0) is 28.6 Å². The molecule has 5 rings (SSSR count). The summed E-state index contributed by atoms with van der Waals surface area (Å²) in [5, 5.41) is 61.5. The molecule has 1 unspecified atom stereocenters. The van der Waals surface area contributed by atoms with Crippen LogP contribution in [0.5, 0.6) is 0 Å². The van der Waals surface area contributed by atoms with Gasteiger partial charge in [0.1, 0.15) is 29.5 Å². The molecule has 0 aromatic heterocycles. The first-order valence-electron chi connectivity index (χ1n) is 15.5. The van der Waals surface area contributed by atoms with Gasteiger partial charge < -0.3 is 45.1 Å². The van der Waals surface area contributed by atoms with E-state index in [1.54, 1.807) is 13.8 Å². The summed E-state index contributed by atoms with van der Waals surface area (Å²) < 4.78 is 17.0. The molecule has 1 aromatic carbocycles. The number of Topliss-reactive ketones (excluding diaryl/α,β-unsaturated/α-hetero) is 1. The van der Waals surface area contributed by atoms with E-state index in [4.69, 9.17) is 25.8 Å². The van der Waals surface area contributed by atoms with Crippen LogP contribution in [0.2, 0.25) is 5.02 Å². The van der Waals surface area contributed by atoms with Crippen molar-refractivity contribution in [3.05, 3.63) is 46.0 Å². The molecule has 4 aliphatic rings. The van der Waals surface area contributed by atoms with Crippen molar-refractivity contribution >= 4 is 35.2 Å². The van der Waals surface area contributed by atoms with Gasteiger partial charge in [-0.1, -0.05) is 25.4 Å². The average Bonchev–Trinajstić information content (AvgIpc) is 2.99. The second kappa shape index (κ2) is 11.9. The number of halogens is 1. The molecule has 0 radical (unpaired) electrons. The Kier molecular flexibility index (Phi) is 8.96. The van der Waals surface area contributed by atoms with Crippen LogP contribution in [0, 0.1) is 16.7 Å². The van der Waals surface area contributed by atoms with E-state index >= 15 is 0 Å². The number of hydrogen-bond donors (Lipinski definition) is 6. The van der Waals surface area contributed by atoms with Crippen molar-refractivity contribution < 1.29 is 58.9 Å². The maximum absolute atomic E-state index is 14.3. The van der Waals surface area contributed by atoms with E-state index in [-0.39, 0.29) is 29.7 Å². The van der Waals surface area contributed by atoms with Crippen LogP contribution >= 0.6 is 11.6 Å². The molecule has 13 nitrogen and oxygen atoms in total. The van der Waals surface area contributed by atoms with Crippen molar-refractivity contribution in [1.29, 1.82) is 0 Å². The van der Waals surface area contributed by atoms with E-state index in [9.17, 15) is 44.7 Å². The van der Waals surface area contributed by atoms with Crippen molar-refractivity contribution in [2.75, 3.05) is 6.61 Å². The summed E-state index contributed by atoms with van der Waals surface area (Å²) in [4.78, 5) is 52.9. The van der Waals surface area contributed by atoms with E-state index in [1.165, 1.54) is 45.0 Å². The van der Waals surface area contributed by atoms with Gasteiger partial charge in [0.15, 0.2) is 11.9 Å². The average molecular weight is 680 g/mol. The number of esters is 2. The van der Waals surface area contributed by atoms with Crippen LogP contribution in [0.3, 0.4) is 0 Å². The molecule has 1 heterocycles.